The van der Waals surface area contributed by atoms with Gasteiger partial charge < -0.3 is 11.1 Å². The van der Waals surface area contributed by atoms with E-state index in [9.17, 15) is 0 Å². The lowest BCUT2D eigenvalue weighted by Gasteiger charge is -2.17. The van der Waals surface area contributed by atoms with Crippen LogP contribution in [0.25, 0.3) is 10.9 Å². The number of aromatic nitrogens is 1. The first-order valence-electron chi connectivity index (χ1n) is 6.26. The number of nitrogen functional groups attached to an aromatic ring is 1. The Balaban J connectivity index is 1.96. The van der Waals surface area contributed by atoms with E-state index in [2.05, 4.69) is 38.6 Å². The number of halogens is 1. The lowest BCUT2D eigenvalue weighted by molar-refractivity contribution is 0.951. The van der Waals surface area contributed by atoms with Crippen LogP contribution in [0.1, 0.15) is 12.8 Å². The molecule has 0 spiro atoms. The zero-order chi connectivity index (χ0) is 13.5. The molecule has 1 saturated carbocycles. The lowest BCUT2D eigenvalue weighted by Crippen LogP contribution is -2.18. The SMILES string of the molecule is CSC1(CNc2c(N)cnc3ccc(Br)cc23)CC1. The van der Waals surface area contributed by atoms with E-state index in [1.807, 2.05) is 23.9 Å². The fourth-order valence-corrected chi connectivity index (χ4v) is 3.31. The van der Waals surface area contributed by atoms with Gasteiger partial charge in [0.15, 0.2) is 0 Å². The molecule has 1 heterocycles. The molecule has 0 radical (unpaired) electrons. The summed E-state index contributed by atoms with van der Waals surface area (Å²) in [4.78, 5) is 4.37. The molecule has 0 saturated heterocycles. The highest BCUT2D eigenvalue weighted by Gasteiger charge is 2.41. The summed E-state index contributed by atoms with van der Waals surface area (Å²) in [6.07, 6.45) is 6.48. The van der Waals surface area contributed by atoms with E-state index < -0.39 is 0 Å². The zero-order valence-corrected chi connectivity index (χ0v) is 13.1. The van der Waals surface area contributed by atoms with E-state index in [4.69, 9.17) is 5.73 Å². The first-order valence-corrected chi connectivity index (χ1v) is 8.28. The number of hydrogen-bond acceptors (Lipinski definition) is 4. The minimum Gasteiger partial charge on any atom is -0.396 e. The number of hydrogen-bond donors (Lipinski definition) is 2. The number of nitrogens with two attached hydrogens (primary N) is 1. The normalized spacial score (nSPS) is 16.5. The Labute approximate surface area is 125 Å². The summed E-state index contributed by atoms with van der Waals surface area (Å²) < 4.78 is 1.45. The fraction of sp³-hybridized carbons (Fsp3) is 0.357. The molecule has 19 heavy (non-hydrogen) atoms. The maximum atomic E-state index is 6.08. The minimum absolute atomic E-state index is 0.411. The van der Waals surface area contributed by atoms with E-state index in [1.54, 1.807) is 6.20 Å². The standard InChI is InChI=1S/C14H16BrN3S/c1-19-14(4-5-14)8-18-13-10-6-9(15)2-3-12(10)17-7-11(13)16/h2-3,6-7H,4-5,8,16H2,1H3,(H,17,18). The number of nitrogens with zero attached hydrogens (tertiary/aromatic N) is 1. The van der Waals surface area contributed by atoms with Gasteiger partial charge in [0.2, 0.25) is 0 Å². The highest BCUT2D eigenvalue weighted by Crippen LogP contribution is 2.47. The highest BCUT2D eigenvalue weighted by atomic mass is 79.9. The van der Waals surface area contributed by atoms with Gasteiger partial charge in [-0.3, -0.25) is 4.98 Å². The number of nitrogens with one attached hydrogen (secondary N) is 1. The average Bonchev–Trinajstić information content (AvgIpc) is 3.18. The molecular formula is C14H16BrN3S. The number of pyridine rings is 1. The van der Waals surface area contributed by atoms with Crippen LogP contribution in [0.2, 0.25) is 0 Å². The molecule has 1 fully saturated rings. The molecular weight excluding hydrogens is 322 g/mol. The van der Waals surface area contributed by atoms with Gasteiger partial charge in [0, 0.05) is 21.2 Å². The first-order chi connectivity index (χ1) is 9.13. The Hall–Kier alpha value is -0.940. The highest BCUT2D eigenvalue weighted by molar-refractivity contribution is 9.10. The molecule has 3 rings (SSSR count). The molecule has 2 aromatic rings. The Kier molecular flexibility index (Phi) is 3.35. The third-order valence-corrected chi connectivity index (χ3v) is 5.60. The summed E-state index contributed by atoms with van der Waals surface area (Å²) in [5.74, 6) is 0. The molecule has 0 unspecified atom stereocenters. The van der Waals surface area contributed by atoms with E-state index in [-0.39, 0.29) is 0 Å². The van der Waals surface area contributed by atoms with Gasteiger partial charge in [-0.15, -0.1) is 0 Å². The lowest BCUT2D eigenvalue weighted by atomic mass is 10.1. The maximum Gasteiger partial charge on any atom is 0.0743 e. The van der Waals surface area contributed by atoms with Crippen molar-refractivity contribution in [1.82, 2.24) is 4.98 Å². The topological polar surface area (TPSA) is 50.9 Å². The number of anilines is 2. The van der Waals surface area contributed by atoms with Crippen LogP contribution in [0.4, 0.5) is 11.4 Å². The van der Waals surface area contributed by atoms with Crippen LogP contribution >= 0.6 is 27.7 Å². The Bertz CT molecular complexity index is 620. The molecule has 1 aliphatic rings. The minimum atomic E-state index is 0.411. The molecule has 0 bridgehead atoms. The second kappa shape index (κ2) is 4.87. The molecule has 0 amide bonds. The monoisotopic (exact) mass is 337 g/mol. The van der Waals surface area contributed by atoms with E-state index in [0.717, 1.165) is 27.6 Å². The quantitative estimate of drug-likeness (QED) is 0.888. The van der Waals surface area contributed by atoms with E-state index in [1.165, 1.54) is 12.8 Å². The van der Waals surface area contributed by atoms with Crippen LogP contribution in [-0.4, -0.2) is 22.5 Å². The van der Waals surface area contributed by atoms with Crippen molar-refractivity contribution in [2.75, 3.05) is 23.9 Å². The predicted octanol–water partition coefficient (Wildman–Crippen LogP) is 3.89. The average molecular weight is 338 g/mol. The van der Waals surface area contributed by atoms with Gasteiger partial charge in [-0.1, -0.05) is 15.9 Å². The number of rotatable bonds is 4. The first kappa shape index (κ1) is 13.1. The van der Waals surface area contributed by atoms with Gasteiger partial charge in [-0.05, 0) is 37.3 Å². The van der Waals surface area contributed by atoms with Gasteiger partial charge in [0.05, 0.1) is 23.1 Å². The van der Waals surface area contributed by atoms with Crippen LogP contribution < -0.4 is 11.1 Å². The van der Waals surface area contributed by atoms with Crippen molar-refractivity contribution < 1.29 is 0 Å². The summed E-state index contributed by atoms with van der Waals surface area (Å²) >= 11 is 5.45. The van der Waals surface area contributed by atoms with Crippen molar-refractivity contribution in [3.8, 4) is 0 Å². The Morgan fingerprint density at radius 1 is 1.47 bits per heavy atom. The summed E-state index contributed by atoms with van der Waals surface area (Å²) in [5.41, 5.74) is 8.76. The Morgan fingerprint density at radius 3 is 2.95 bits per heavy atom. The zero-order valence-electron chi connectivity index (χ0n) is 10.7. The summed E-state index contributed by atoms with van der Waals surface area (Å²) in [6.45, 7) is 0.962. The van der Waals surface area contributed by atoms with Crippen molar-refractivity contribution in [2.45, 2.75) is 17.6 Å². The van der Waals surface area contributed by atoms with Crippen LogP contribution in [0, 0.1) is 0 Å². The van der Waals surface area contributed by atoms with Crippen LogP contribution in [0.15, 0.2) is 28.9 Å². The largest absolute Gasteiger partial charge is 0.396 e. The van der Waals surface area contributed by atoms with Gasteiger partial charge in [-0.25, -0.2) is 0 Å². The molecule has 3 N–H and O–H groups in total. The molecule has 1 aliphatic carbocycles. The molecule has 100 valence electrons. The van der Waals surface area contributed by atoms with Crippen molar-refractivity contribution in [1.29, 1.82) is 0 Å². The molecule has 0 aliphatic heterocycles. The van der Waals surface area contributed by atoms with Gasteiger partial charge in [0.25, 0.3) is 0 Å². The maximum absolute atomic E-state index is 6.08. The predicted molar refractivity (Wildman–Crippen MR) is 87.8 cm³/mol. The molecule has 1 aromatic heterocycles. The van der Waals surface area contributed by atoms with Crippen LogP contribution in [0.3, 0.4) is 0 Å². The fourth-order valence-electron chi connectivity index (χ4n) is 2.22. The second-order valence-electron chi connectivity index (χ2n) is 4.99. The summed E-state index contributed by atoms with van der Waals surface area (Å²) in [7, 11) is 0. The number of thioether (sulfide) groups is 1. The number of fused-ring (bicyclic) bond motifs is 1. The van der Waals surface area contributed by atoms with Crippen molar-refractivity contribution in [3.05, 3.63) is 28.9 Å². The van der Waals surface area contributed by atoms with Gasteiger partial charge in [0.1, 0.15) is 0 Å². The van der Waals surface area contributed by atoms with Crippen LogP contribution in [-0.2, 0) is 0 Å². The molecule has 5 heteroatoms. The Morgan fingerprint density at radius 2 is 2.26 bits per heavy atom. The molecule has 0 atom stereocenters. The molecule has 1 aromatic carbocycles. The summed E-state index contributed by atoms with van der Waals surface area (Å²) in [5, 5.41) is 4.61. The van der Waals surface area contributed by atoms with Gasteiger partial charge >= 0.3 is 0 Å². The van der Waals surface area contributed by atoms with E-state index in [0.29, 0.717) is 10.4 Å². The van der Waals surface area contributed by atoms with Crippen molar-refractivity contribution in [2.24, 2.45) is 0 Å². The third kappa shape index (κ3) is 2.54. The second-order valence-corrected chi connectivity index (χ2v) is 7.18. The molecule has 3 nitrogen and oxygen atoms in total. The number of benzene rings is 1. The smallest absolute Gasteiger partial charge is 0.0743 e. The van der Waals surface area contributed by atoms with E-state index >= 15 is 0 Å². The van der Waals surface area contributed by atoms with Crippen molar-refractivity contribution in [3.63, 3.8) is 0 Å². The summed E-state index contributed by atoms with van der Waals surface area (Å²) in [6, 6.07) is 6.07. The van der Waals surface area contributed by atoms with Gasteiger partial charge in [-0.2, -0.15) is 11.8 Å². The third-order valence-electron chi connectivity index (χ3n) is 3.69. The van der Waals surface area contributed by atoms with Crippen molar-refractivity contribution >= 4 is 50.0 Å². The van der Waals surface area contributed by atoms with Crippen LogP contribution in [0.5, 0.6) is 0 Å².